The maximum atomic E-state index is 12.7. The highest BCUT2D eigenvalue weighted by Crippen LogP contribution is 2.31. The highest BCUT2D eigenvalue weighted by atomic mass is 32.1. The molecule has 6 nitrogen and oxygen atoms in total. The third-order valence-electron chi connectivity index (χ3n) is 3.87. The summed E-state index contributed by atoms with van der Waals surface area (Å²) in [7, 11) is 0. The van der Waals surface area contributed by atoms with Crippen molar-refractivity contribution in [3.8, 4) is 0 Å². The Bertz CT molecular complexity index is 686. The molecule has 2 heterocycles. The fourth-order valence-corrected chi connectivity index (χ4v) is 3.16. The van der Waals surface area contributed by atoms with Crippen LogP contribution in [0.2, 0.25) is 0 Å². The molecule has 2 aromatic rings. The van der Waals surface area contributed by atoms with Crippen LogP contribution in [0.5, 0.6) is 0 Å². The minimum absolute atomic E-state index is 0.119. The van der Waals surface area contributed by atoms with Crippen LogP contribution in [0.15, 0.2) is 30.3 Å². The van der Waals surface area contributed by atoms with E-state index in [1.54, 1.807) is 0 Å². The Morgan fingerprint density at radius 3 is 2.74 bits per heavy atom. The Morgan fingerprint density at radius 2 is 2.09 bits per heavy atom. The predicted octanol–water partition coefficient (Wildman–Crippen LogP) is 3.23. The number of anilines is 1. The van der Waals surface area contributed by atoms with E-state index in [1.807, 2.05) is 56.0 Å². The second kappa shape index (κ2) is 6.25. The molecule has 0 saturated carbocycles. The number of benzene rings is 1. The molecule has 1 aromatic carbocycles. The van der Waals surface area contributed by atoms with Crippen molar-refractivity contribution in [1.82, 2.24) is 15.1 Å². The number of aromatic nitrogens is 2. The number of rotatable bonds is 2. The van der Waals surface area contributed by atoms with Crippen molar-refractivity contribution in [3.63, 3.8) is 0 Å². The zero-order valence-electron chi connectivity index (χ0n) is 13.4. The van der Waals surface area contributed by atoms with Crippen molar-refractivity contribution in [2.45, 2.75) is 32.4 Å². The average Bonchev–Trinajstić information content (AvgIpc) is 2.93. The Kier molecular flexibility index (Phi) is 4.32. The molecule has 3 rings (SSSR count). The minimum atomic E-state index is -0.380. The normalized spacial score (nSPS) is 20.3. The summed E-state index contributed by atoms with van der Waals surface area (Å²) in [5.74, 6) is 0. The van der Waals surface area contributed by atoms with E-state index in [1.165, 1.54) is 11.3 Å². The fraction of sp³-hybridized carbons (Fsp3) is 0.438. The number of hydrogen-bond acceptors (Lipinski definition) is 5. The Morgan fingerprint density at radius 1 is 1.35 bits per heavy atom. The first-order valence-electron chi connectivity index (χ1n) is 7.51. The van der Waals surface area contributed by atoms with Gasteiger partial charge in [-0.2, -0.15) is 0 Å². The van der Waals surface area contributed by atoms with Gasteiger partial charge in [0.05, 0.1) is 18.7 Å². The first-order valence-corrected chi connectivity index (χ1v) is 8.33. The molecule has 1 fully saturated rings. The molecule has 0 radical (unpaired) electrons. The summed E-state index contributed by atoms with van der Waals surface area (Å²) < 4.78 is 5.97. The fourth-order valence-electron chi connectivity index (χ4n) is 2.58. The highest BCUT2D eigenvalue weighted by molar-refractivity contribution is 7.15. The number of nitrogens with one attached hydrogen (secondary N) is 1. The minimum Gasteiger partial charge on any atom is -0.369 e. The summed E-state index contributed by atoms with van der Waals surface area (Å²) >= 11 is 1.37. The molecular weight excluding hydrogens is 312 g/mol. The second-order valence-electron chi connectivity index (χ2n) is 6.19. The zero-order chi connectivity index (χ0) is 16.4. The van der Waals surface area contributed by atoms with Crippen LogP contribution in [-0.2, 0) is 4.74 Å². The predicted molar refractivity (Wildman–Crippen MR) is 89.6 cm³/mol. The van der Waals surface area contributed by atoms with Crippen LogP contribution in [0.1, 0.15) is 30.5 Å². The van der Waals surface area contributed by atoms with Crippen LogP contribution in [0.4, 0.5) is 9.93 Å². The van der Waals surface area contributed by atoms with Crippen molar-refractivity contribution in [3.05, 3.63) is 40.9 Å². The lowest BCUT2D eigenvalue weighted by Gasteiger charge is -2.45. The van der Waals surface area contributed by atoms with E-state index in [-0.39, 0.29) is 17.7 Å². The van der Waals surface area contributed by atoms with Gasteiger partial charge in [0.1, 0.15) is 11.1 Å². The van der Waals surface area contributed by atoms with Crippen molar-refractivity contribution >= 4 is 22.5 Å². The topological polar surface area (TPSA) is 67.4 Å². The Labute approximate surface area is 139 Å². The van der Waals surface area contributed by atoms with Crippen molar-refractivity contribution in [2.24, 2.45) is 0 Å². The number of morpholine rings is 1. The molecule has 0 unspecified atom stereocenters. The molecule has 7 heteroatoms. The van der Waals surface area contributed by atoms with E-state index >= 15 is 0 Å². The number of nitrogens with zero attached hydrogens (tertiary/aromatic N) is 3. The van der Waals surface area contributed by atoms with Gasteiger partial charge in [0.15, 0.2) is 0 Å². The van der Waals surface area contributed by atoms with E-state index in [0.717, 1.165) is 10.6 Å². The molecule has 0 spiro atoms. The monoisotopic (exact) mass is 332 g/mol. The van der Waals surface area contributed by atoms with Crippen molar-refractivity contribution in [2.75, 3.05) is 18.5 Å². The van der Waals surface area contributed by atoms with Gasteiger partial charge in [0, 0.05) is 0 Å². The molecule has 1 N–H and O–H groups in total. The average molecular weight is 332 g/mol. The largest absolute Gasteiger partial charge is 0.369 e. The summed E-state index contributed by atoms with van der Waals surface area (Å²) in [6, 6.07) is 9.80. The van der Waals surface area contributed by atoms with Gasteiger partial charge in [-0.1, -0.05) is 41.7 Å². The van der Waals surface area contributed by atoms with Crippen LogP contribution < -0.4 is 5.32 Å². The molecule has 2 amide bonds. The summed E-state index contributed by atoms with van der Waals surface area (Å²) in [6.45, 7) is 6.84. The molecule has 1 saturated heterocycles. The van der Waals surface area contributed by atoms with E-state index in [4.69, 9.17) is 4.74 Å². The maximum Gasteiger partial charge on any atom is 0.324 e. The summed E-state index contributed by atoms with van der Waals surface area (Å²) in [5, 5.41) is 12.1. The van der Waals surface area contributed by atoms with Crippen LogP contribution in [0.25, 0.3) is 0 Å². The molecule has 122 valence electrons. The number of hydrogen-bond donors (Lipinski definition) is 1. The lowest BCUT2D eigenvalue weighted by molar-refractivity contribution is -0.0783. The maximum absolute atomic E-state index is 12.7. The molecule has 0 bridgehead atoms. The van der Waals surface area contributed by atoms with Crippen LogP contribution >= 0.6 is 11.3 Å². The molecule has 1 aliphatic heterocycles. The Balaban J connectivity index is 1.76. The molecule has 1 aliphatic rings. The molecule has 1 atom stereocenters. The summed E-state index contributed by atoms with van der Waals surface area (Å²) in [4.78, 5) is 14.5. The lowest BCUT2D eigenvalue weighted by atomic mass is 9.98. The first-order chi connectivity index (χ1) is 11.0. The van der Waals surface area contributed by atoms with E-state index in [2.05, 4.69) is 15.5 Å². The quantitative estimate of drug-likeness (QED) is 0.917. The van der Waals surface area contributed by atoms with Gasteiger partial charge >= 0.3 is 6.03 Å². The number of amides is 2. The molecule has 23 heavy (non-hydrogen) atoms. The lowest BCUT2D eigenvalue weighted by Crippen LogP contribution is -2.57. The standard InChI is InChI=1S/C16H20N4O2S/c1-11-18-19-14(23-11)17-15(21)20-9-13(22-10-16(20,2)3)12-7-5-4-6-8-12/h4-8,13H,9-10H2,1-3H3,(H,17,19,21)/t13-/m0/s1. The number of ether oxygens (including phenoxy) is 1. The first kappa shape index (κ1) is 15.9. The third kappa shape index (κ3) is 3.51. The van der Waals surface area contributed by atoms with Crippen LogP contribution in [0, 0.1) is 6.92 Å². The van der Waals surface area contributed by atoms with E-state index in [9.17, 15) is 4.79 Å². The van der Waals surface area contributed by atoms with Gasteiger partial charge in [-0.15, -0.1) is 10.2 Å². The molecule has 1 aromatic heterocycles. The Hall–Kier alpha value is -1.99. The number of aryl methyl sites for hydroxylation is 1. The SMILES string of the molecule is Cc1nnc(NC(=O)N2C[C@@H](c3ccccc3)OCC2(C)C)s1. The zero-order valence-corrected chi connectivity index (χ0v) is 14.3. The summed E-state index contributed by atoms with van der Waals surface area (Å²) in [5.41, 5.74) is 0.697. The third-order valence-corrected chi connectivity index (χ3v) is 4.63. The highest BCUT2D eigenvalue weighted by Gasteiger charge is 2.38. The van der Waals surface area contributed by atoms with Gasteiger partial charge in [-0.3, -0.25) is 5.32 Å². The van der Waals surface area contributed by atoms with Gasteiger partial charge in [0.25, 0.3) is 0 Å². The van der Waals surface area contributed by atoms with Crippen molar-refractivity contribution < 1.29 is 9.53 Å². The van der Waals surface area contributed by atoms with E-state index < -0.39 is 0 Å². The number of carbonyl (C=O) groups is 1. The second-order valence-corrected chi connectivity index (χ2v) is 7.37. The van der Waals surface area contributed by atoms with Crippen molar-refractivity contribution in [1.29, 1.82) is 0 Å². The molecular formula is C16H20N4O2S. The number of carbonyl (C=O) groups excluding carboxylic acids is 1. The summed E-state index contributed by atoms with van der Waals surface area (Å²) in [6.07, 6.45) is -0.119. The van der Waals surface area contributed by atoms with Gasteiger partial charge < -0.3 is 9.64 Å². The smallest absolute Gasteiger partial charge is 0.324 e. The van der Waals surface area contributed by atoms with Gasteiger partial charge in [-0.05, 0) is 26.3 Å². The van der Waals surface area contributed by atoms with E-state index in [0.29, 0.717) is 18.3 Å². The molecule has 0 aliphatic carbocycles. The van der Waals surface area contributed by atoms with Gasteiger partial charge in [-0.25, -0.2) is 4.79 Å². The van der Waals surface area contributed by atoms with Gasteiger partial charge in [0.2, 0.25) is 5.13 Å². The van der Waals surface area contributed by atoms with Crippen LogP contribution in [0.3, 0.4) is 0 Å². The number of urea groups is 1. The van der Waals surface area contributed by atoms with Crippen LogP contribution in [-0.4, -0.2) is 39.8 Å².